The predicted octanol–water partition coefficient (Wildman–Crippen LogP) is 4.78. The molecule has 0 bridgehead atoms. The maximum absolute atomic E-state index is 3.51. The predicted molar refractivity (Wildman–Crippen MR) is 77.0 cm³/mol. The molecule has 0 aromatic heterocycles. The highest BCUT2D eigenvalue weighted by Crippen LogP contribution is 2.30. The molecule has 0 spiro atoms. The van der Waals surface area contributed by atoms with Crippen LogP contribution in [0.2, 0.25) is 0 Å². The van der Waals surface area contributed by atoms with Crippen LogP contribution in [0.25, 0.3) is 0 Å². The van der Waals surface area contributed by atoms with E-state index in [0.717, 1.165) is 6.54 Å². The molecule has 1 rings (SSSR count). The zero-order valence-corrected chi connectivity index (χ0v) is 12.4. The zero-order chi connectivity index (χ0) is 12.9. The molecule has 98 valence electrons. The van der Waals surface area contributed by atoms with E-state index in [4.69, 9.17) is 0 Å². The molecule has 1 unspecified atom stereocenters. The lowest BCUT2D eigenvalue weighted by Crippen LogP contribution is -2.31. The summed E-state index contributed by atoms with van der Waals surface area (Å²) in [7, 11) is 0. The SMILES string of the molecule is CC.CC.CCCC1(CC)C=CCCNC1. The average molecular weight is 227 g/mol. The lowest BCUT2D eigenvalue weighted by atomic mass is 9.80. The molecule has 0 aliphatic carbocycles. The number of nitrogens with one attached hydrogen (secondary N) is 1. The summed E-state index contributed by atoms with van der Waals surface area (Å²) in [5.41, 5.74) is 0.464. The summed E-state index contributed by atoms with van der Waals surface area (Å²) < 4.78 is 0. The molecule has 1 N–H and O–H groups in total. The van der Waals surface area contributed by atoms with Gasteiger partial charge in [-0.05, 0) is 25.8 Å². The van der Waals surface area contributed by atoms with Gasteiger partial charge in [-0.25, -0.2) is 0 Å². The number of hydrogen-bond donors (Lipinski definition) is 1. The first-order valence-corrected chi connectivity index (χ1v) is 7.21. The van der Waals surface area contributed by atoms with Crippen LogP contribution in [-0.2, 0) is 0 Å². The Morgan fingerprint density at radius 1 is 1.12 bits per heavy atom. The van der Waals surface area contributed by atoms with Crippen LogP contribution in [0.5, 0.6) is 0 Å². The standard InChI is InChI=1S/C11H21N.2C2H6/c1-3-7-11(4-2)8-5-6-9-12-10-11;2*1-2/h5,8,12H,3-4,6-7,9-10H2,1-2H3;2*1-2H3. The van der Waals surface area contributed by atoms with Gasteiger partial charge >= 0.3 is 0 Å². The second-order valence-corrected chi connectivity index (χ2v) is 3.83. The van der Waals surface area contributed by atoms with Gasteiger partial charge in [0.2, 0.25) is 0 Å². The summed E-state index contributed by atoms with van der Waals surface area (Å²) >= 11 is 0. The first kappa shape index (κ1) is 18.1. The van der Waals surface area contributed by atoms with Gasteiger partial charge in [0, 0.05) is 12.0 Å². The third-order valence-corrected chi connectivity index (χ3v) is 2.89. The smallest absolute Gasteiger partial charge is 0.00425 e. The third kappa shape index (κ3) is 7.05. The van der Waals surface area contributed by atoms with E-state index in [1.165, 1.54) is 32.2 Å². The summed E-state index contributed by atoms with van der Waals surface area (Å²) in [4.78, 5) is 0. The first-order chi connectivity index (χ1) is 7.83. The molecule has 0 radical (unpaired) electrons. The van der Waals surface area contributed by atoms with Crippen LogP contribution < -0.4 is 5.32 Å². The monoisotopic (exact) mass is 227 g/mol. The number of rotatable bonds is 3. The Balaban J connectivity index is 0. The maximum atomic E-state index is 3.51. The molecule has 1 heterocycles. The molecule has 0 aromatic rings. The van der Waals surface area contributed by atoms with E-state index in [9.17, 15) is 0 Å². The lowest BCUT2D eigenvalue weighted by Gasteiger charge is -2.28. The van der Waals surface area contributed by atoms with Gasteiger partial charge in [0.15, 0.2) is 0 Å². The van der Waals surface area contributed by atoms with E-state index in [0.29, 0.717) is 5.41 Å². The Morgan fingerprint density at radius 3 is 2.25 bits per heavy atom. The van der Waals surface area contributed by atoms with Crippen molar-refractivity contribution in [2.24, 2.45) is 5.41 Å². The van der Waals surface area contributed by atoms with E-state index in [1.54, 1.807) is 0 Å². The first-order valence-electron chi connectivity index (χ1n) is 7.21. The van der Waals surface area contributed by atoms with E-state index in [-0.39, 0.29) is 0 Å². The van der Waals surface area contributed by atoms with Crippen molar-refractivity contribution >= 4 is 0 Å². The molecule has 0 aromatic carbocycles. The van der Waals surface area contributed by atoms with Crippen LogP contribution in [0.1, 0.15) is 67.2 Å². The molecule has 0 amide bonds. The second-order valence-electron chi connectivity index (χ2n) is 3.83. The van der Waals surface area contributed by atoms with Crippen LogP contribution in [0.4, 0.5) is 0 Å². The maximum Gasteiger partial charge on any atom is 0.00425 e. The Morgan fingerprint density at radius 2 is 1.75 bits per heavy atom. The summed E-state index contributed by atoms with van der Waals surface area (Å²) in [5, 5.41) is 3.51. The largest absolute Gasteiger partial charge is 0.316 e. The van der Waals surface area contributed by atoms with Crippen LogP contribution in [0.15, 0.2) is 12.2 Å². The molecule has 1 atom stereocenters. The van der Waals surface area contributed by atoms with E-state index < -0.39 is 0 Å². The zero-order valence-electron chi connectivity index (χ0n) is 12.4. The molecule has 16 heavy (non-hydrogen) atoms. The average Bonchev–Trinajstić information content (AvgIpc) is 2.61. The van der Waals surface area contributed by atoms with Gasteiger partial charge in [-0.1, -0.05) is 60.1 Å². The number of hydrogen-bond acceptors (Lipinski definition) is 1. The lowest BCUT2D eigenvalue weighted by molar-refractivity contribution is 0.321. The minimum atomic E-state index is 0.464. The van der Waals surface area contributed by atoms with Crippen LogP contribution in [0.3, 0.4) is 0 Å². The van der Waals surface area contributed by atoms with Gasteiger partial charge in [0.25, 0.3) is 0 Å². The summed E-state index contributed by atoms with van der Waals surface area (Å²) in [6, 6.07) is 0. The quantitative estimate of drug-likeness (QED) is 0.684. The fourth-order valence-corrected chi connectivity index (χ4v) is 2.00. The van der Waals surface area contributed by atoms with Crippen molar-refractivity contribution in [2.75, 3.05) is 13.1 Å². The van der Waals surface area contributed by atoms with E-state index in [2.05, 4.69) is 31.3 Å². The van der Waals surface area contributed by atoms with Crippen molar-refractivity contribution < 1.29 is 0 Å². The molecule has 1 heteroatoms. The van der Waals surface area contributed by atoms with Crippen LogP contribution in [-0.4, -0.2) is 13.1 Å². The summed E-state index contributed by atoms with van der Waals surface area (Å²) in [5.74, 6) is 0. The van der Waals surface area contributed by atoms with Gasteiger partial charge in [0.05, 0.1) is 0 Å². The summed E-state index contributed by atoms with van der Waals surface area (Å²) in [6.07, 6.45) is 9.87. The van der Waals surface area contributed by atoms with Crippen molar-refractivity contribution in [3.8, 4) is 0 Å². The Labute approximate surface area is 104 Å². The van der Waals surface area contributed by atoms with Crippen molar-refractivity contribution in [1.29, 1.82) is 0 Å². The second kappa shape index (κ2) is 12.8. The van der Waals surface area contributed by atoms with Crippen molar-refractivity contribution in [2.45, 2.75) is 67.2 Å². The molecule has 1 aliphatic rings. The van der Waals surface area contributed by atoms with Gasteiger partial charge in [-0.3, -0.25) is 0 Å². The normalized spacial score (nSPS) is 23.4. The fraction of sp³-hybridized carbons (Fsp3) is 0.867. The van der Waals surface area contributed by atoms with E-state index in [1.807, 2.05) is 27.7 Å². The molecule has 0 saturated heterocycles. The van der Waals surface area contributed by atoms with Gasteiger partial charge in [-0.2, -0.15) is 0 Å². The molecular weight excluding hydrogens is 194 g/mol. The molecule has 1 nitrogen and oxygen atoms in total. The van der Waals surface area contributed by atoms with Crippen LogP contribution in [0, 0.1) is 5.41 Å². The molecule has 0 fully saturated rings. The Bertz CT molecular complexity index is 152. The van der Waals surface area contributed by atoms with Gasteiger partial charge in [0.1, 0.15) is 0 Å². The third-order valence-electron chi connectivity index (χ3n) is 2.89. The van der Waals surface area contributed by atoms with Crippen molar-refractivity contribution in [1.82, 2.24) is 5.32 Å². The van der Waals surface area contributed by atoms with Gasteiger partial charge < -0.3 is 5.32 Å². The minimum absolute atomic E-state index is 0.464. The fourth-order valence-electron chi connectivity index (χ4n) is 2.00. The highest BCUT2D eigenvalue weighted by Gasteiger charge is 2.24. The highest BCUT2D eigenvalue weighted by atomic mass is 14.9. The highest BCUT2D eigenvalue weighted by molar-refractivity contribution is 5.02. The van der Waals surface area contributed by atoms with Crippen molar-refractivity contribution in [3.05, 3.63) is 12.2 Å². The van der Waals surface area contributed by atoms with Gasteiger partial charge in [-0.15, -0.1) is 0 Å². The topological polar surface area (TPSA) is 12.0 Å². The minimum Gasteiger partial charge on any atom is -0.316 e. The molecule has 1 aliphatic heterocycles. The van der Waals surface area contributed by atoms with E-state index >= 15 is 0 Å². The van der Waals surface area contributed by atoms with Crippen molar-refractivity contribution in [3.63, 3.8) is 0 Å². The molecular formula is C15H33N. The Kier molecular flexibility index (Phi) is 14.4. The molecule has 0 saturated carbocycles. The van der Waals surface area contributed by atoms with Crippen LogP contribution >= 0.6 is 0 Å². The summed E-state index contributed by atoms with van der Waals surface area (Å²) in [6.45, 7) is 14.9. The Hall–Kier alpha value is -0.300.